The number of carbonyl (C=O) groups excluding carboxylic acids is 3. The zero-order valence-electron chi connectivity index (χ0n) is 14.2. The number of amides is 1. The summed E-state index contributed by atoms with van der Waals surface area (Å²) >= 11 is 0. The molecule has 0 fully saturated rings. The maximum atomic E-state index is 12.1. The molecule has 0 aliphatic carbocycles. The number of alkyl halides is 3. The highest BCUT2D eigenvalue weighted by Crippen LogP contribution is 2.20. The van der Waals surface area contributed by atoms with Gasteiger partial charge in [-0.1, -0.05) is 0 Å². The summed E-state index contributed by atoms with van der Waals surface area (Å²) < 4.78 is 46.0. The highest BCUT2D eigenvalue weighted by molar-refractivity contribution is 5.99. The van der Waals surface area contributed by atoms with Crippen LogP contribution < -0.4 is 5.32 Å². The molecule has 0 radical (unpaired) electrons. The first-order valence-corrected chi connectivity index (χ1v) is 7.39. The Morgan fingerprint density at radius 2 is 1.80 bits per heavy atom. The van der Waals surface area contributed by atoms with E-state index in [4.69, 9.17) is 9.47 Å². The third kappa shape index (κ3) is 5.50. The number of aryl methyl sites for hydroxylation is 1. The average molecular weight is 364 g/mol. The zero-order valence-corrected chi connectivity index (χ0v) is 14.2. The van der Waals surface area contributed by atoms with Gasteiger partial charge in [0.05, 0.1) is 12.2 Å². The summed E-state index contributed by atoms with van der Waals surface area (Å²) in [4.78, 5) is 38.2. The van der Waals surface area contributed by atoms with E-state index in [-0.39, 0.29) is 23.4 Å². The molecule has 1 heterocycles. The van der Waals surface area contributed by atoms with Crippen molar-refractivity contribution in [2.75, 3.05) is 13.2 Å². The second-order valence-electron chi connectivity index (χ2n) is 5.23. The number of nitrogens with one attached hydrogen (secondary N) is 2. The van der Waals surface area contributed by atoms with Crippen molar-refractivity contribution in [3.8, 4) is 0 Å². The van der Waals surface area contributed by atoms with Crippen molar-refractivity contribution in [3.05, 3.63) is 22.5 Å². The molecule has 1 rings (SSSR count). The average Bonchev–Trinajstić information content (AvgIpc) is 2.79. The summed E-state index contributed by atoms with van der Waals surface area (Å²) in [6.07, 6.45) is -6.01. The quantitative estimate of drug-likeness (QED) is 0.753. The minimum Gasteiger partial charge on any atom is -0.462 e. The van der Waals surface area contributed by atoms with Crippen LogP contribution in [0.1, 0.15) is 46.0 Å². The number of carbonyl (C=O) groups is 3. The Morgan fingerprint density at radius 3 is 2.32 bits per heavy atom. The van der Waals surface area contributed by atoms with Crippen molar-refractivity contribution in [3.63, 3.8) is 0 Å². The number of aromatic amines is 1. The zero-order chi connectivity index (χ0) is 19.4. The van der Waals surface area contributed by atoms with Crippen LogP contribution in [0.3, 0.4) is 0 Å². The van der Waals surface area contributed by atoms with Crippen molar-refractivity contribution in [1.82, 2.24) is 10.3 Å². The number of esters is 2. The molecule has 0 aliphatic heterocycles. The Labute approximate surface area is 141 Å². The van der Waals surface area contributed by atoms with Gasteiger partial charge in [0, 0.05) is 5.69 Å². The van der Waals surface area contributed by atoms with E-state index in [0.29, 0.717) is 5.69 Å². The highest BCUT2D eigenvalue weighted by Gasteiger charge is 2.30. The third-order valence-corrected chi connectivity index (χ3v) is 3.24. The molecule has 0 spiro atoms. The Morgan fingerprint density at radius 1 is 1.20 bits per heavy atom. The van der Waals surface area contributed by atoms with Crippen LogP contribution in [0.4, 0.5) is 13.2 Å². The Kier molecular flexibility index (Phi) is 6.60. The summed E-state index contributed by atoms with van der Waals surface area (Å²) in [6.45, 7) is 4.43. The van der Waals surface area contributed by atoms with E-state index >= 15 is 0 Å². The molecule has 1 aromatic rings. The van der Waals surface area contributed by atoms with Crippen LogP contribution in [0, 0.1) is 13.8 Å². The van der Waals surface area contributed by atoms with Crippen LogP contribution in [0.15, 0.2) is 0 Å². The molecule has 1 unspecified atom stereocenters. The largest absolute Gasteiger partial charge is 0.462 e. The van der Waals surface area contributed by atoms with Crippen LogP contribution in [-0.4, -0.2) is 48.3 Å². The third-order valence-electron chi connectivity index (χ3n) is 3.24. The number of H-pyrrole nitrogens is 1. The van der Waals surface area contributed by atoms with E-state index < -0.39 is 36.7 Å². The van der Waals surface area contributed by atoms with Gasteiger partial charge in [0.15, 0.2) is 6.10 Å². The molecule has 25 heavy (non-hydrogen) atoms. The monoisotopic (exact) mass is 364 g/mol. The fourth-order valence-corrected chi connectivity index (χ4v) is 2.07. The lowest BCUT2D eigenvalue weighted by Gasteiger charge is -2.14. The maximum Gasteiger partial charge on any atom is 0.405 e. The van der Waals surface area contributed by atoms with E-state index in [9.17, 15) is 27.6 Å². The van der Waals surface area contributed by atoms with Crippen molar-refractivity contribution in [1.29, 1.82) is 0 Å². The summed E-state index contributed by atoms with van der Waals surface area (Å²) in [5.74, 6) is -2.67. The fraction of sp³-hybridized carbons (Fsp3) is 0.533. The summed E-state index contributed by atoms with van der Waals surface area (Å²) in [7, 11) is 0. The first kappa shape index (κ1) is 20.5. The molecule has 10 heteroatoms. The Hall–Kier alpha value is -2.52. The van der Waals surface area contributed by atoms with Crippen LogP contribution in [0.2, 0.25) is 0 Å². The van der Waals surface area contributed by atoms with Crippen molar-refractivity contribution >= 4 is 17.8 Å². The van der Waals surface area contributed by atoms with E-state index in [1.165, 1.54) is 6.92 Å². The smallest absolute Gasteiger partial charge is 0.405 e. The lowest BCUT2D eigenvalue weighted by Crippen LogP contribution is -2.40. The van der Waals surface area contributed by atoms with Crippen LogP contribution in [0.5, 0.6) is 0 Å². The number of hydrogen-bond donors (Lipinski definition) is 2. The van der Waals surface area contributed by atoms with E-state index in [1.807, 2.05) is 0 Å². The molecule has 0 bridgehead atoms. The maximum absolute atomic E-state index is 12.1. The first-order chi connectivity index (χ1) is 11.5. The van der Waals surface area contributed by atoms with Gasteiger partial charge in [0.1, 0.15) is 12.2 Å². The first-order valence-electron chi connectivity index (χ1n) is 7.39. The molecule has 0 saturated carbocycles. The number of rotatable bonds is 6. The highest BCUT2D eigenvalue weighted by atomic mass is 19.4. The molecule has 7 nitrogen and oxygen atoms in total. The topological polar surface area (TPSA) is 97.5 Å². The molecule has 1 aromatic heterocycles. The van der Waals surface area contributed by atoms with Gasteiger partial charge in [0.2, 0.25) is 0 Å². The second-order valence-corrected chi connectivity index (χ2v) is 5.23. The van der Waals surface area contributed by atoms with Gasteiger partial charge in [-0.25, -0.2) is 9.59 Å². The second kappa shape index (κ2) is 8.04. The summed E-state index contributed by atoms with van der Waals surface area (Å²) in [5, 5.41) is 1.62. The Balaban J connectivity index is 2.82. The minimum absolute atomic E-state index is 0.0731. The van der Waals surface area contributed by atoms with E-state index in [0.717, 1.165) is 6.92 Å². The number of aromatic nitrogens is 1. The number of ether oxygens (including phenoxy) is 2. The van der Waals surface area contributed by atoms with Crippen LogP contribution >= 0.6 is 0 Å². The van der Waals surface area contributed by atoms with Crippen LogP contribution in [0.25, 0.3) is 0 Å². The molecular formula is C15H19F3N2O5. The predicted molar refractivity (Wildman–Crippen MR) is 80.2 cm³/mol. The summed E-state index contributed by atoms with van der Waals surface area (Å²) in [5.41, 5.74) is 0.736. The number of halogens is 3. The number of hydrogen-bond acceptors (Lipinski definition) is 5. The van der Waals surface area contributed by atoms with Gasteiger partial charge >= 0.3 is 18.1 Å². The summed E-state index contributed by atoms with van der Waals surface area (Å²) in [6, 6.07) is 0. The van der Waals surface area contributed by atoms with Crippen LogP contribution in [-0.2, 0) is 14.3 Å². The lowest BCUT2D eigenvalue weighted by molar-refractivity contribution is -0.143. The molecular weight excluding hydrogens is 345 g/mol. The lowest BCUT2D eigenvalue weighted by atomic mass is 10.1. The molecule has 0 aliphatic rings. The molecule has 1 amide bonds. The van der Waals surface area contributed by atoms with E-state index in [2.05, 4.69) is 4.98 Å². The van der Waals surface area contributed by atoms with Gasteiger partial charge in [-0.15, -0.1) is 0 Å². The van der Waals surface area contributed by atoms with Gasteiger partial charge in [0.25, 0.3) is 5.91 Å². The Bertz CT molecular complexity index is 667. The minimum atomic E-state index is -4.57. The van der Waals surface area contributed by atoms with Crippen molar-refractivity contribution in [2.24, 2.45) is 0 Å². The molecule has 140 valence electrons. The normalized spacial score (nSPS) is 12.4. The van der Waals surface area contributed by atoms with E-state index in [1.54, 1.807) is 19.2 Å². The van der Waals surface area contributed by atoms with Crippen molar-refractivity contribution < 1.29 is 37.0 Å². The predicted octanol–water partition coefficient (Wildman–Crippen LogP) is 2.03. The SMILES string of the molecule is CCOC(=O)c1c(C)[nH]c(C(=O)OC(C)C(=O)NCC(F)(F)F)c1C. The van der Waals surface area contributed by atoms with Gasteiger partial charge in [-0.05, 0) is 33.3 Å². The standard InChI is InChI=1S/C15H19F3N2O5/c1-5-24-13(22)10-7(2)11(20-8(10)3)14(23)25-9(4)12(21)19-6-15(16,17)18/h9,20H,5-6H2,1-4H3,(H,19,21). The van der Waals surface area contributed by atoms with Gasteiger partial charge in [-0.2, -0.15) is 13.2 Å². The van der Waals surface area contributed by atoms with Gasteiger partial charge < -0.3 is 19.8 Å². The molecule has 1 atom stereocenters. The van der Waals surface area contributed by atoms with Crippen molar-refractivity contribution in [2.45, 2.75) is 40.0 Å². The fourth-order valence-electron chi connectivity index (χ4n) is 2.07. The molecule has 0 aromatic carbocycles. The molecule has 2 N–H and O–H groups in total. The van der Waals surface area contributed by atoms with Gasteiger partial charge in [-0.3, -0.25) is 4.79 Å². The molecule has 0 saturated heterocycles.